The van der Waals surface area contributed by atoms with E-state index in [1.54, 1.807) is 0 Å². The lowest BCUT2D eigenvalue weighted by Gasteiger charge is -2.18. The van der Waals surface area contributed by atoms with Crippen molar-refractivity contribution < 1.29 is 9.59 Å². The van der Waals surface area contributed by atoms with Crippen molar-refractivity contribution >= 4 is 28.2 Å². The predicted octanol–water partition coefficient (Wildman–Crippen LogP) is 2.26. The molecule has 0 radical (unpaired) electrons. The summed E-state index contributed by atoms with van der Waals surface area (Å²) < 4.78 is 1.86. The number of nitrogens with two attached hydrogens (primary N) is 1. The van der Waals surface area contributed by atoms with E-state index in [4.69, 9.17) is 5.73 Å². The van der Waals surface area contributed by atoms with Gasteiger partial charge in [0.15, 0.2) is 0 Å². The number of fused-ring (bicyclic) bond motifs is 1. The van der Waals surface area contributed by atoms with Gasteiger partial charge in [0, 0.05) is 29.7 Å². The van der Waals surface area contributed by atoms with Crippen molar-refractivity contribution in [3.05, 3.63) is 34.0 Å². The Hall–Kier alpha value is -2.19. The summed E-state index contributed by atoms with van der Waals surface area (Å²) in [7, 11) is 1.89. The molecule has 1 atom stereocenters. The Labute approximate surface area is 163 Å². The molecule has 1 aliphatic carbocycles. The van der Waals surface area contributed by atoms with Crippen LogP contribution in [0.5, 0.6) is 0 Å². The van der Waals surface area contributed by atoms with E-state index in [-0.39, 0.29) is 12.5 Å². The maximum atomic E-state index is 12.5. The summed E-state index contributed by atoms with van der Waals surface area (Å²) >= 11 is 1.50. The van der Waals surface area contributed by atoms with Crippen LogP contribution in [0.3, 0.4) is 0 Å². The van der Waals surface area contributed by atoms with Crippen molar-refractivity contribution in [3.8, 4) is 0 Å². The minimum Gasteiger partial charge on any atom is -0.365 e. The highest BCUT2D eigenvalue weighted by Crippen LogP contribution is 2.39. The average molecular weight is 390 g/mol. The molecule has 2 heterocycles. The van der Waals surface area contributed by atoms with Gasteiger partial charge in [-0.25, -0.2) is 0 Å². The molecule has 8 heteroatoms. The van der Waals surface area contributed by atoms with Crippen LogP contribution in [-0.4, -0.2) is 40.1 Å². The molecule has 7 nitrogen and oxygen atoms in total. The predicted molar refractivity (Wildman–Crippen MR) is 107 cm³/mol. The Morgan fingerprint density at radius 2 is 2.26 bits per heavy atom. The summed E-state index contributed by atoms with van der Waals surface area (Å²) in [5.74, 6) is -0.0113. The Morgan fingerprint density at radius 3 is 2.93 bits per heavy atom. The van der Waals surface area contributed by atoms with Crippen molar-refractivity contribution in [3.63, 3.8) is 0 Å². The van der Waals surface area contributed by atoms with Gasteiger partial charge in [0.25, 0.3) is 5.91 Å². The minimum atomic E-state index is -0.460. The van der Waals surface area contributed by atoms with Crippen LogP contribution in [0, 0.1) is 5.92 Å². The second kappa shape index (κ2) is 8.22. The van der Waals surface area contributed by atoms with Gasteiger partial charge in [0.1, 0.15) is 5.00 Å². The fraction of sp³-hybridized carbons (Fsp3) is 0.526. The molecule has 0 bridgehead atoms. The van der Waals surface area contributed by atoms with Crippen molar-refractivity contribution in [1.29, 1.82) is 0 Å². The molecule has 0 saturated heterocycles. The Kier molecular flexibility index (Phi) is 5.96. The zero-order chi connectivity index (χ0) is 19.6. The average Bonchev–Trinajstić information content (AvgIpc) is 3.17. The summed E-state index contributed by atoms with van der Waals surface area (Å²) in [6, 6.07) is 0. The van der Waals surface area contributed by atoms with Crippen LogP contribution in [-0.2, 0) is 30.7 Å². The number of primary amides is 1. The number of amides is 2. The summed E-state index contributed by atoms with van der Waals surface area (Å²) in [5.41, 5.74) is 8.20. The molecule has 0 fully saturated rings. The van der Waals surface area contributed by atoms with E-state index in [0.29, 0.717) is 23.0 Å². The van der Waals surface area contributed by atoms with E-state index < -0.39 is 5.91 Å². The topological polar surface area (TPSA) is 93.3 Å². The number of carbonyl (C=O) groups excluding carboxylic acids is 2. The van der Waals surface area contributed by atoms with Gasteiger partial charge < -0.3 is 11.1 Å². The standard InChI is InChI=1S/C19H27N5O2S/c1-4-24-10-13(8-21-24)9-23(3)11-16(25)22-19-17(18(20)26)14-6-5-12(2)7-15(14)27-19/h8,10,12H,4-7,9,11H2,1-3H3,(H2,20,26)(H,22,25). The Morgan fingerprint density at radius 1 is 1.48 bits per heavy atom. The maximum Gasteiger partial charge on any atom is 0.251 e. The number of likely N-dealkylation sites (N-methyl/N-ethyl adjacent to an activating group) is 1. The Balaban J connectivity index is 1.66. The first-order valence-corrected chi connectivity index (χ1v) is 10.1. The molecule has 0 saturated carbocycles. The highest BCUT2D eigenvalue weighted by atomic mass is 32.1. The van der Waals surface area contributed by atoms with E-state index in [1.165, 1.54) is 16.2 Å². The van der Waals surface area contributed by atoms with Gasteiger partial charge in [0.2, 0.25) is 5.91 Å². The first-order valence-electron chi connectivity index (χ1n) is 9.31. The molecular formula is C19H27N5O2S. The molecule has 2 aromatic heterocycles. The van der Waals surface area contributed by atoms with Gasteiger partial charge in [-0.05, 0) is 44.7 Å². The molecule has 1 aliphatic rings. The smallest absolute Gasteiger partial charge is 0.251 e. The number of hydrogen-bond acceptors (Lipinski definition) is 5. The molecule has 3 rings (SSSR count). The summed E-state index contributed by atoms with van der Waals surface area (Å²) in [4.78, 5) is 27.6. The second-order valence-electron chi connectivity index (χ2n) is 7.34. The third kappa shape index (κ3) is 4.56. The SMILES string of the molecule is CCn1cc(CN(C)CC(=O)Nc2sc3c(c2C(N)=O)CCC(C)C3)cn1. The van der Waals surface area contributed by atoms with Gasteiger partial charge in [-0.2, -0.15) is 5.10 Å². The van der Waals surface area contributed by atoms with Gasteiger partial charge in [-0.15, -0.1) is 11.3 Å². The third-order valence-electron chi connectivity index (χ3n) is 4.89. The lowest BCUT2D eigenvalue weighted by atomic mass is 9.88. The number of thiophene rings is 1. The van der Waals surface area contributed by atoms with Gasteiger partial charge in [-0.3, -0.25) is 19.2 Å². The number of anilines is 1. The molecule has 146 valence electrons. The number of aromatic nitrogens is 2. The molecule has 27 heavy (non-hydrogen) atoms. The van der Waals surface area contributed by atoms with Crippen molar-refractivity contribution in [2.45, 2.75) is 46.2 Å². The molecule has 2 amide bonds. The minimum absolute atomic E-state index is 0.144. The highest BCUT2D eigenvalue weighted by Gasteiger charge is 2.27. The van der Waals surface area contributed by atoms with E-state index in [0.717, 1.165) is 36.9 Å². The number of aryl methyl sites for hydroxylation is 1. The summed E-state index contributed by atoms with van der Waals surface area (Å²) in [5, 5.41) is 7.76. The Bertz CT molecular complexity index is 841. The van der Waals surface area contributed by atoms with Crippen molar-refractivity contribution in [2.24, 2.45) is 11.7 Å². The number of carbonyl (C=O) groups is 2. The first kappa shape index (κ1) is 19.6. The largest absolute Gasteiger partial charge is 0.365 e. The van der Waals surface area contributed by atoms with Crippen LogP contribution >= 0.6 is 11.3 Å². The van der Waals surface area contributed by atoms with Crippen LogP contribution in [0.1, 0.15) is 46.6 Å². The number of nitrogens with zero attached hydrogens (tertiary/aromatic N) is 3. The fourth-order valence-electron chi connectivity index (χ4n) is 3.54. The monoisotopic (exact) mass is 389 g/mol. The van der Waals surface area contributed by atoms with Crippen molar-refractivity contribution in [2.75, 3.05) is 18.9 Å². The summed E-state index contributed by atoms with van der Waals surface area (Å²) in [6.07, 6.45) is 6.64. The quantitative estimate of drug-likeness (QED) is 0.760. The fourth-order valence-corrected chi connectivity index (χ4v) is 4.97. The second-order valence-corrected chi connectivity index (χ2v) is 8.45. The highest BCUT2D eigenvalue weighted by molar-refractivity contribution is 7.17. The lowest BCUT2D eigenvalue weighted by molar-refractivity contribution is -0.117. The van der Waals surface area contributed by atoms with E-state index in [9.17, 15) is 9.59 Å². The zero-order valence-electron chi connectivity index (χ0n) is 16.1. The van der Waals surface area contributed by atoms with Crippen LogP contribution in [0.15, 0.2) is 12.4 Å². The molecule has 2 aromatic rings. The van der Waals surface area contributed by atoms with Gasteiger partial charge in [-0.1, -0.05) is 6.92 Å². The van der Waals surface area contributed by atoms with Crippen LogP contribution < -0.4 is 11.1 Å². The van der Waals surface area contributed by atoms with Gasteiger partial charge >= 0.3 is 0 Å². The third-order valence-corrected chi connectivity index (χ3v) is 6.06. The molecule has 3 N–H and O–H groups in total. The number of rotatable bonds is 7. The van der Waals surface area contributed by atoms with Crippen LogP contribution in [0.25, 0.3) is 0 Å². The van der Waals surface area contributed by atoms with E-state index in [1.807, 2.05) is 35.9 Å². The first-order chi connectivity index (χ1) is 12.9. The molecule has 1 unspecified atom stereocenters. The molecule has 0 aliphatic heterocycles. The normalized spacial score (nSPS) is 16.4. The van der Waals surface area contributed by atoms with Gasteiger partial charge in [0.05, 0.1) is 18.3 Å². The van der Waals surface area contributed by atoms with Crippen LogP contribution in [0.2, 0.25) is 0 Å². The summed E-state index contributed by atoms with van der Waals surface area (Å²) in [6.45, 7) is 5.93. The zero-order valence-corrected chi connectivity index (χ0v) is 16.9. The molecular weight excluding hydrogens is 362 g/mol. The molecule has 0 spiro atoms. The van der Waals surface area contributed by atoms with E-state index >= 15 is 0 Å². The van der Waals surface area contributed by atoms with Crippen LogP contribution in [0.4, 0.5) is 5.00 Å². The lowest BCUT2D eigenvalue weighted by Crippen LogP contribution is -2.30. The molecule has 0 aromatic carbocycles. The maximum absolute atomic E-state index is 12.5. The van der Waals surface area contributed by atoms with Crippen molar-refractivity contribution in [1.82, 2.24) is 14.7 Å². The number of nitrogens with one attached hydrogen (secondary N) is 1. The van der Waals surface area contributed by atoms with E-state index in [2.05, 4.69) is 17.3 Å². The number of hydrogen-bond donors (Lipinski definition) is 2.